The van der Waals surface area contributed by atoms with E-state index >= 15 is 0 Å². The lowest BCUT2D eigenvalue weighted by Gasteiger charge is -2.26. The molecule has 3 heterocycles. The number of piperidine rings is 1. The molecular formula is C21H22N6O3S. The fourth-order valence-corrected chi connectivity index (χ4v) is 5.79. The van der Waals surface area contributed by atoms with Gasteiger partial charge in [0, 0.05) is 30.9 Å². The molecule has 2 aliphatic heterocycles. The number of nitrogens with zero attached hydrogens (tertiary/aromatic N) is 6. The Hall–Kier alpha value is -3.11. The number of carbonyl (C=O) groups is 1. The SMILES string of the molecule is O=C(c1cccc(-n2cnnn2)c1)N1CCc2cc(S(=O)(=O)N3CCCCC3)ccc21. The van der Waals surface area contributed by atoms with Gasteiger partial charge in [0.1, 0.15) is 6.33 Å². The van der Waals surface area contributed by atoms with Crippen LogP contribution in [0.1, 0.15) is 35.2 Å². The maximum Gasteiger partial charge on any atom is 0.258 e. The number of hydrogen-bond acceptors (Lipinski definition) is 6. The average molecular weight is 439 g/mol. The summed E-state index contributed by atoms with van der Waals surface area (Å²) in [6.07, 6.45) is 4.96. The molecule has 1 amide bonds. The summed E-state index contributed by atoms with van der Waals surface area (Å²) in [6.45, 7) is 1.65. The number of fused-ring (bicyclic) bond motifs is 1. The Morgan fingerprint density at radius 1 is 0.968 bits per heavy atom. The number of rotatable bonds is 4. The van der Waals surface area contributed by atoms with Crippen molar-refractivity contribution < 1.29 is 13.2 Å². The van der Waals surface area contributed by atoms with Gasteiger partial charge in [-0.3, -0.25) is 4.79 Å². The van der Waals surface area contributed by atoms with Crippen LogP contribution < -0.4 is 4.90 Å². The van der Waals surface area contributed by atoms with Gasteiger partial charge in [0.2, 0.25) is 10.0 Å². The Morgan fingerprint density at radius 3 is 2.58 bits per heavy atom. The van der Waals surface area contributed by atoms with Crippen LogP contribution in [0.2, 0.25) is 0 Å². The molecule has 31 heavy (non-hydrogen) atoms. The molecule has 2 aliphatic rings. The van der Waals surface area contributed by atoms with Crippen molar-refractivity contribution in [3.8, 4) is 5.69 Å². The van der Waals surface area contributed by atoms with Crippen LogP contribution in [0.5, 0.6) is 0 Å². The van der Waals surface area contributed by atoms with Crippen LogP contribution in [0.4, 0.5) is 5.69 Å². The van der Waals surface area contributed by atoms with E-state index < -0.39 is 10.0 Å². The van der Waals surface area contributed by atoms with Gasteiger partial charge in [0.15, 0.2) is 0 Å². The topological polar surface area (TPSA) is 101 Å². The van der Waals surface area contributed by atoms with Crippen LogP contribution in [-0.4, -0.2) is 58.5 Å². The molecule has 9 nitrogen and oxygen atoms in total. The third-order valence-corrected chi connectivity index (χ3v) is 7.75. The van der Waals surface area contributed by atoms with Crippen LogP contribution in [0.25, 0.3) is 5.69 Å². The first-order chi connectivity index (χ1) is 15.0. The Bertz CT molecular complexity index is 1220. The third kappa shape index (κ3) is 3.61. The van der Waals surface area contributed by atoms with Crippen molar-refractivity contribution in [3.63, 3.8) is 0 Å². The molecule has 0 saturated carbocycles. The van der Waals surface area contributed by atoms with Crippen LogP contribution in [0.3, 0.4) is 0 Å². The summed E-state index contributed by atoms with van der Waals surface area (Å²) in [5, 5.41) is 11.1. The first kappa shape index (κ1) is 19.8. The molecule has 5 rings (SSSR count). The molecule has 0 atom stereocenters. The Balaban J connectivity index is 1.41. The van der Waals surface area contributed by atoms with Crippen LogP contribution in [0, 0.1) is 0 Å². The average Bonchev–Trinajstić information content (AvgIpc) is 3.49. The molecule has 2 aromatic carbocycles. The molecule has 0 bridgehead atoms. The number of amides is 1. The lowest BCUT2D eigenvalue weighted by Crippen LogP contribution is -2.35. The zero-order chi connectivity index (χ0) is 21.4. The molecule has 0 N–H and O–H groups in total. The molecule has 160 valence electrons. The van der Waals surface area contributed by atoms with E-state index in [9.17, 15) is 13.2 Å². The Kier molecular flexibility index (Phi) is 5.03. The minimum atomic E-state index is -3.50. The number of aromatic nitrogens is 4. The van der Waals surface area contributed by atoms with Gasteiger partial charge in [0.05, 0.1) is 10.6 Å². The molecule has 0 aliphatic carbocycles. The Labute approximate surface area is 180 Å². The predicted molar refractivity (Wildman–Crippen MR) is 114 cm³/mol. The molecule has 3 aromatic rings. The zero-order valence-electron chi connectivity index (χ0n) is 16.9. The van der Waals surface area contributed by atoms with E-state index in [1.807, 2.05) is 6.07 Å². The maximum atomic E-state index is 13.2. The number of sulfonamides is 1. The van der Waals surface area contributed by atoms with Gasteiger partial charge in [-0.25, -0.2) is 13.1 Å². The minimum absolute atomic E-state index is 0.139. The second-order valence-electron chi connectivity index (χ2n) is 7.77. The summed E-state index contributed by atoms with van der Waals surface area (Å²) >= 11 is 0. The van der Waals surface area contributed by atoms with E-state index in [1.54, 1.807) is 45.6 Å². The predicted octanol–water partition coefficient (Wildman–Crippen LogP) is 2.04. The third-order valence-electron chi connectivity index (χ3n) is 5.85. The van der Waals surface area contributed by atoms with Gasteiger partial charge in [-0.1, -0.05) is 12.5 Å². The molecule has 10 heteroatoms. The van der Waals surface area contributed by atoms with E-state index in [0.29, 0.717) is 42.2 Å². The summed E-state index contributed by atoms with van der Waals surface area (Å²) < 4.78 is 29.1. The van der Waals surface area contributed by atoms with Gasteiger partial charge in [-0.05, 0) is 71.7 Å². The molecule has 0 spiro atoms. The second-order valence-corrected chi connectivity index (χ2v) is 9.70. The molecule has 1 aromatic heterocycles. The first-order valence-electron chi connectivity index (χ1n) is 10.3. The van der Waals surface area contributed by atoms with Crippen molar-refractivity contribution in [2.45, 2.75) is 30.6 Å². The van der Waals surface area contributed by atoms with E-state index in [2.05, 4.69) is 15.5 Å². The number of anilines is 1. The van der Waals surface area contributed by atoms with Crippen molar-refractivity contribution in [2.24, 2.45) is 0 Å². The smallest absolute Gasteiger partial charge is 0.258 e. The fourth-order valence-electron chi connectivity index (χ4n) is 4.22. The van der Waals surface area contributed by atoms with E-state index in [4.69, 9.17) is 0 Å². The monoisotopic (exact) mass is 438 g/mol. The molecule has 1 saturated heterocycles. The summed E-state index contributed by atoms with van der Waals surface area (Å²) in [6, 6.07) is 12.2. The van der Waals surface area contributed by atoms with Gasteiger partial charge in [-0.15, -0.1) is 5.10 Å². The second kappa shape index (κ2) is 7.86. The standard InChI is InChI=1S/C21H22N6O3S/c28-21(17-5-4-6-18(13-17)27-15-22-23-24-27)26-12-9-16-14-19(7-8-20(16)26)31(29,30)25-10-2-1-3-11-25/h4-8,13-15H,1-3,9-12H2. The zero-order valence-corrected chi connectivity index (χ0v) is 17.7. The van der Waals surface area contributed by atoms with Crippen molar-refractivity contribution in [3.05, 3.63) is 59.9 Å². The largest absolute Gasteiger partial charge is 0.308 e. The molecular weight excluding hydrogens is 416 g/mol. The van der Waals surface area contributed by atoms with Gasteiger partial charge < -0.3 is 4.90 Å². The summed E-state index contributed by atoms with van der Waals surface area (Å²) in [4.78, 5) is 15.2. The van der Waals surface area contributed by atoms with Gasteiger partial charge >= 0.3 is 0 Å². The first-order valence-corrected chi connectivity index (χ1v) is 11.8. The number of benzene rings is 2. The quantitative estimate of drug-likeness (QED) is 0.618. The van der Waals surface area contributed by atoms with Crippen molar-refractivity contribution in [2.75, 3.05) is 24.5 Å². The minimum Gasteiger partial charge on any atom is -0.308 e. The van der Waals surface area contributed by atoms with Crippen LogP contribution >= 0.6 is 0 Å². The highest BCUT2D eigenvalue weighted by molar-refractivity contribution is 7.89. The fraction of sp³-hybridized carbons (Fsp3) is 0.333. The normalized spacial score (nSPS) is 17.0. The van der Waals surface area contributed by atoms with Gasteiger partial charge in [-0.2, -0.15) is 4.31 Å². The van der Waals surface area contributed by atoms with E-state index in [-0.39, 0.29) is 5.91 Å². The maximum absolute atomic E-state index is 13.2. The highest BCUT2D eigenvalue weighted by Crippen LogP contribution is 2.33. The lowest BCUT2D eigenvalue weighted by molar-refractivity contribution is 0.0989. The molecule has 0 radical (unpaired) electrons. The van der Waals surface area contributed by atoms with Crippen molar-refractivity contribution >= 4 is 21.6 Å². The Morgan fingerprint density at radius 2 is 1.81 bits per heavy atom. The number of carbonyl (C=O) groups excluding carboxylic acids is 1. The number of tetrazole rings is 1. The van der Waals surface area contributed by atoms with Gasteiger partial charge in [0.25, 0.3) is 5.91 Å². The number of hydrogen-bond donors (Lipinski definition) is 0. The van der Waals surface area contributed by atoms with Crippen molar-refractivity contribution in [1.82, 2.24) is 24.5 Å². The summed E-state index contributed by atoms with van der Waals surface area (Å²) in [7, 11) is -3.50. The summed E-state index contributed by atoms with van der Waals surface area (Å²) in [5.41, 5.74) is 2.85. The molecule has 0 unspecified atom stereocenters. The van der Waals surface area contributed by atoms with E-state index in [1.165, 1.54) is 11.0 Å². The lowest BCUT2D eigenvalue weighted by atomic mass is 10.1. The highest BCUT2D eigenvalue weighted by Gasteiger charge is 2.30. The van der Waals surface area contributed by atoms with Crippen molar-refractivity contribution in [1.29, 1.82) is 0 Å². The highest BCUT2D eigenvalue weighted by atomic mass is 32.2. The van der Waals surface area contributed by atoms with E-state index in [0.717, 1.165) is 30.5 Å². The molecule has 1 fully saturated rings. The van der Waals surface area contributed by atoms with Crippen LogP contribution in [0.15, 0.2) is 53.7 Å². The van der Waals surface area contributed by atoms with Crippen LogP contribution in [-0.2, 0) is 16.4 Å². The summed E-state index contributed by atoms with van der Waals surface area (Å²) in [5.74, 6) is -0.139.